The summed E-state index contributed by atoms with van der Waals surface area (Å²) in [6, 6.07) is 11.2. The van der Waals surface area contributed by atoms with Crippen LogP contribution in [0.5, 0.6) is 0 Å². The summed E-state index contributed by atoms with van der Waals surface area (Å²) in [7, 11) is 0. The van der Waals surface area contributed by atoms with Gasteiger partial charge in [-0.25, -0.2) is 0 Å². The maximum Gasteiger partial charge on any atom is 0.0705 e. The molecule has 88 valence electrons. The van der Waals surface area contributed by atoms with E-state index in [0.29, 0.717) is 0 Å². The van der Waals surface area contributed by atoms with E-state index in [-0.39, 0.29) is 0 Å². The van der Waals surface area contributed by atoms with Crippen LogP contribution in [0.1, 0.15) is 25.3 Å². The van der Waals surface area contributed by atoms with E-state index >= 15 is 0 Å². The van der Waals surface area contributed by atoms with Crippen LogP contribution in [0.3, 0.4) is 0 Å². The lowest BCUT2D eigenvalue weighted by molar-refractivity contribution is 0.625. The van der Waals surface area contributed by atoms with Crippen molar-refractivity contribution in [2.24, 2.45) is 5.92 Å². The summed E-state index contributed by atoms with van der Waals surface area (Å²) in [5.74, 6) is 0.906. The maximum atomic E-state index is 4.39. The van der Waals surface area contributed by atoms with E-state index < -0.39 is 0 Å². The van der Waals surface area contributed by atoms with E-state index in [2.05, 4.69) is 41.5 Å². The van der Waals surface area contributed by atoms with E-state index in [1.165, 1.54) is 23.8 Å². The normalized spacial score (nSPS) is 22.9. The summed E-state index contributed by atoms with van der Waals surface area (Å²) >= 11 is 0. The van der Waals surface area contributed by atoms with E-state index in [1.54, 1.807) is 0 Å². The third kappa shape index (κ3) is 2.18. The minimum Gasteiger partial charge on any atom is -0.310 e. The highest BCUT2D eigenvalue weighted by atomic mass is 15.0. The van der Waals surface area contributed by atoms with Crippen molar-refractivity contribution in [1.29, 1.82) is 0 Å². The van der Waals surface area contributed by atoms with E-state index in [0.717, 1.165) is 24.0 Å². The Balaban J connectivity index is 1.76. The van der Waals surface area contributed by atoms with Crippen LogP contribution < -0.4 is 5.32 Å². The van der Waals surface area contributed by atoms with Gasteiger partial charge in [-0.15, -0.1) is 0 Å². The molecule has 2 heteroatoms. The molecule has 0 spiro atoms. The van der Waals surface area contributed by atoms with Crippen LogP contribution in [-0.2, 0) is 6.54 Å². The number of hydrogen-bond acceptors (Lipinski definition) is 2. The molecule has 0 aliphatic heterocycles. The smallest absolute Gasteiger partial charge is 0.0705 e. The Labute approximate surface area is 102 Å². The van der Waals surface area contributed by atoms with Crippen LogP contribution in [-0.4, -0.2) is 11.0 Å². The largest absolute Gasteiger partial charge is 0.310 e. The summed E-state index contributed by atoms with van der Waals surface area (Å²) < 4.78 is 0. The first-order chi connectivity index (χ1) is 8.38. The Morgan fingerprint density at radius 2 is 2.18 bits per heavy atom. The zero-order chi connectivity index (χ0) is 11.7. The molecule has 2 nitrogen and oxygen atoms in total. The van der Waals surface area contributed by atoms with Crippen molar-refractivity contribution in [1.82, 2.24) is 10.3 Å². The molecule has 0 amide bonds. The van der Waals surface area contributed by atoms with E-state index in [4.69, 9.17) is 0 Å². The summed E-state index contributed by atoms with van der Waals surface area (Å²) in [5.41, 5.74) is 2.45. The zero-order valence-corrected chi connectivity index (χ0v) is 10.2. The second-order valence-corrected chi connectivity index (χ2v) is 4.88. The highest BCUT2D eigenvalue weighted by Crippen LogP contribution is 2.33. The third-order valence-corrected chi connectivity index (χ3v) is 3.74. The predicted octanol–water partition coefficient (Wildman–Crippen LogP) is 3.12. The molecule has 17 heavy (non-hydrogen) atoms. The fourth-order valence-corrected chi connectivity index (χ4v) is 2.50. The minimum absolute atomic E-state index is 0.743. The topological polar surface area (TPSA) is 24.9 Å². The first-order valence-corrected chi connectivity index (χ1v) is 6.44. The van der Waals surface area contributed by atoms with Crippen molar-refractivity contribution >= 4 is 10.9 Å². The summed E-state index contributed by atoms with van der Waals surface area (Å²) in [6.07, 6.45) is 4.55. The number of aromatic nitrogens is 1. The molecular formula is C15H18N2. The summed E-state index contributed by atoms with van der Waals surface area (Å²) in [4.78, 5) is 4.39. The van der Waals surface area contributed by atoms with Crippen LogP contribution in [0.15, 0.2) is 36.5 Å². The maximum absolute atomic E-state index is 4.39. The Kier molecular flexibility index (Phi) is 2.81. The molecule has 3 rings (SSSR count). The second kappa shape index (κ2) is 4.46. The molecule has 2 atom stereocenters. The molecule has 1 N–H and O–H groups in total. The average Bonchev–Trinajstić information content (AvgIpc) is 3.15. The van der Waals surface area contributed by atoms with Crippen molar-refractivity contribution in [3.63, 3.8) is 0 Å². The zero-order valence-electron chi connectivity index (χ0n) is 10.2. The van der Waals surface area contributed by atoms with Crippen LogP contribution >= 0.6 is 0 Å². The number of pyridine rings is 1. The summed E-state index contributed by atoms with van der Waals surface area (Å²) in [6.45, 7) is 3.23. The number of para-hydroxylation sites is 1. The minimum atomic E-state index is 0.743. The van der Waals surface area contributed by atoms with Gasteiger partial charge in [0.2, 0.25) is 0 Å². The first kappa shape index (κ1) is 10.7. The van der Waals surface area contributed by atoms with Gasteiger partial charge in [0.25, 0.3) is 0 Å². The molecule has 2 aromatic rings. The first-order valence-electron chi connectivity index (χ1n) is 6.44. The van der Waals surface area contributed by atoms with Gasteiger partial charge in [-0.05, 0) is 30.0 Å². The molecule has 1 fully saturated rings. The van der Waals surface area contributed by atoms with Gasteiger partial charge in [0.05, 0.1) is 5.52 Å². The van der Waals surface area contributed by atoms with Crippen molar-refractivity contribution in [3.8, 4) is 0 Å². The molecule has 0 bridgehead atoms. The highest BCUT2D eigenvalue weighted by molar-refractivity contribution is 5.81. The van der Waals surface area contributed by atoms with Crippen molar-refractivity contribution < 1.29 is 0 Å². The van der Waals surface area contributed by atoms with Crippen molar-refractivity contribution in [2.75, 3.05) is 0 Å². The number of fused-ring (bicyclic) bond motifs is 1. The van der Waals surface area contributed by atoms with Gasteiger partial charge in [-0.1, -0.05) is 31.5 Å². The third-order valence-electron chi connectivity index (χ3n) is 3.74. The van der Waals surface area contributed by atoms with Gasteiger partial charge in [-0.3, -0.25) is 4.98 Å². The quantitative estimate of drug-likeness (QED) is 0.866. The van der Waals surface area contributed by atoms with Crippen molar-refractivity contribution in [3.05, 3.63) is 42.1 Å². The van der Waals surface area contributed by atoms with Crippen LogP contribution in [0, 0.1) is 5.92 Å². The van der Waals surface area contributed by atoms with Gasteiger partial charge in [0.15, 0.2) is 0 Å². The molecule has 1 aromatic carbocycles. The molecular weight excluding hydrogens is 208 g/mol. The van der Waals surface area contributed by atoms with Gasteiger partial charge in [-0.2, -0.15) is 0 Å². The fraction of sp³-hybridized carbons (Fsp3) is 0.400. The highest BCUT2D eigenvalue weighted by Gasteiger charge is 2.34. The lowest BCUT2D eigenvalue weighted by Crippen LogP contribution is -2.17. The lowest BCUT2D eigenvalue weighted by atomic mass is 10.1. The van der Waals surface area contributed by atoms with Gasteiger partial charge < -0.3 is 5.32 Å². The molecule has 1 heterocycles. The molecule has 0 radical (unpaired) electrons. The monoisotopic (exact) mass is 226 g/mol. The molecule has 1 aromatic heterocycles. The molecule has 1 aliphatic carbocycles. The molecule has 0 saturated heterocycles. The molecule has 1 aliphatic rings. The number of nitrogens with one attached hydrogen (secondary N) is 1. The Bertz CT molecular complexity index is 516. The van der Waals surface area contributed by atoms with Crippen LogP contribution in [0.4, 0.5) is 0 Å². The second-order valence-electron chi connectivity index (χ2n) is 4.88. The Morgan fingerprint density at radius 1 is 1.29 bits per heavy atom. The standard InChI is InChI=1S/C15H18N2/c1-2-11-9-15(11)17-10-12-7-8-16-14-6-4-3-5-13(12)14/h3-8,11,15,17H,2,9-10H2,1H3. The SMILES string of the molecule is CCC1CC1NCc1ccnc2ccccc12. The van der Waals surface area contributed by atoms with Gasteiger partial charge >= 0.3 is 0 Å². The number of nitrogens with zero attached hydrogens (tertiary/aromatic N) is 1. The van der Waals surface area contributed by atoms with Crippen LogP contribution in [0.25, 0.3) is 10.9 Å². The van der Waals surface area contributed by atoms with E-state index in [9.17, 15) is 0 Å². The number of benzene rings is 1. The molecule has 2 unspecified atom stereocenters. The number of rotatable bonds is 4. The van der Waals surface area contributed by atoms with Crippen molar-refractivity contribution in [2.45, 2.75) is 32.4 Å². The van der Waals surface area contributed by atoms with Gasteiger partial charge in [0.1, 0.15) is 0 Å². The van der Waals surface area contributed by atoms with E-state index in [1.807, 2.05) is 12.3 Å². The average molecular weight is 226 g/mol. The Morgan fingerprint density at radius 3 is 3.00 bits per heavy atom. The van der Waals surface area contributed by atoms with Crippen LogP contribution in [0.2, 0.25) is 0 Å². The molecule has 1 saturated carbocycles. The van der Waals surface area contributed by atoms with Gasteiger partial charge in [0, 0.05) is 24.2 Å². The fourth-order valence-electron chi connectivity index (χ4n) is 2.50. The number of hydrogen-bond donors (Lipinski definition) is 1. The predicted molar refractivity (Wildman–Crippen MR) is 70.8 cm³/mol. The Hall–Kier alpha value is -1.41. The summed E-state index contributed by atoms with van der Waals surface area (Å²) in [5, 5.41) is 4.91. The lowest BCUT2D eigenvalue weighted by Gasteiger charge is -2.07.